The van der Waals surface area contributed by atoms with E-state index in [1.54, 1.807) is 12.1 Å². The SMILES string of the molecule is Cc1ccc(COc2cc(Cl)c(N)c(Cl)c2)cc1. The fourth-order valence-corrected chi connectivity index (χ4v) is 1.96. The van der Waals surface area contributed by atoms with E-state index in [4.69, 9.17) is 33.7 Å². The third-order valence-electron chi connectivity index (χ3n) is 2.58. The van der Waals surface area contributed by atoms with E-state index in [0.717, 1.165) is 5.56 Å². The van der Waals surface area contributed by atoms with Crippen molar-refractivity contribution >= 4 is 28.9 Å². The van der Waals surface area contributed by atoms with E-state index in [-0.39, 0.29) is 0 Å². The molecule has 2 rings (SSSR count). The lowest BCUT2D eigenvalue weighted by atomic mass is 10.2. The number of anilines is 1. The van der Waals surface area contributed by atoms with Crippen molar-refractivity contribution in [2.24, 2.45) is 0 Å². The summed E-state index contributed by atoms with van der Waals surface area (Å²) in [6.07, 6.45) is 0. The highest BCUT2D eigenvalue weighted by Gasteiger charge is 2.05. The first-order valence-corrected chi connectivity index (χ1v) is 6.24. The summed E-state index contributed by atoms with van der Waals surface area (Å²) < 4.78 is 5.62. The molecule has 0 fully saturated rings. The van der Waals surface area contributed by atoms with Crippen molar-refractivity contribution in [2.75, 3.05) is 5.73 Å². The van der Waals surface area contributed by atoms with Crippen LogP contribution in [0.5, 0.6) is 5.75 Å². The van der Waals surface area contributed by atoms with Crippen LogP contribution in [0, 0.1) is 6.92 Å². The molecule has 0 spiro atoms. The quantitative estimate of drug-likeness (QED) is 0.843. The second kappa shape index (κ2) is 5.51. The molecule has 2 N–H and O–H groups in total. The van der Waals surface area contributed by atoms with Gasteiger partial charge in [-0.2, -0.15) is 0 Å². The molecule has 0 aliphatic rings. The van der Waals surface area contributed by atoms with Crippen LogP contribution in [-0.4, -0.2) is 0 Å². The first kappa shape index (κ1) is 13.1. The molecule has 0 saturated carbocycles. The van der Waals surface area contributed by atoms with E-state index in [1.165, 1.54) is 5.56 Å². The Balaban J connectivity index is 2.08. The van der Waals surface area contributed by atoms with E-state index >= 15 is 0 Å². The van der Waals surface area contributed by atoms with E-state index < -0.39 is 0 Å². The van der Waals surface area contributed by atoms with Gasteiger partial charge < -0.3 is 10.5 Å². The minimum Gasteiger partial charge on any atom is -0.489 e. The van der Waals surface area contributed by atoms with Crippen LogP contribution in [0.25, 0.3) is 0 Å². The smallest absolute Gasteiger partial charge is 0.122 e. The topological polar surface area (TPSA) is 35.2 Å². The second-order valence-corrected chi connectivity index (χ2v) is 4.89. The molecular formula is C14H13Cl2NO. The van der Waals surface area contributed by atoms with Gasteiger partial charge in [0.25, 0.3) is 0 Å². The lowest BCUT2D eigenvalue weighted by molar-refractivity contribution is 0.306. The van der Waals surface area contributed by atoms with Crippen LogP contribution in [0.2, 0.25) is 10.0 Å². The van der Waals surface area contributed by atoms with Gasteiger partial charge in [-0.05, 0) is 12.5 Å². The Morgan fingerprint density at radius 1 is 1.06 bits per heavy atom. The van der Waals surface area contributed by atoms with Crippen molar-refractivity contribution in [3.63, 3.8) is 0 Å². The molecule has 0 radical (unpaired) electrons. The Hall–Kier alpha value is -1.38. The summed E-state index contributed by atoms with van der Waals surface area (Å²) in [4.78, 5) is 0. The molecule has 2 aromatic carbocycles. The molecule has 94 valence electrons. The number of ether oxygens (including phenoxy) is 1. The van der Waals surface area contributed by atoms with E-state index in [2.05, 4.69) is 0 Å². The summed E-state index contributed by atoms with van der Waals surface area (Å²) in [6, 6.07) is 11.5. The van der Waals surface area contributed by atoms with Gasteiger partial charge >= 0.3 is 0 Å². The molecule has 0 atom stereocenters. The summed E-state index contributed by atoms with van der Waals surface area (Å²) in [7, 11) is 0. The third kappa shape index (κ3) is 3.09. The van der Waals surface area contributed by atoms with Crippen molar-refractivity contribution < 1.29 is 4.74 Å². The zero-order chi connectivity index (χ0) is 13.1. The Morgan fingerprint density at radius 3 is 2.17 bits per heavy atom. The third-order valence-corrected chi connectivity index (χ3v) is 3.20. The molecule has 0 aromatic heterocycles. The van der Waals surface area contributed by atoms with E-state index in [0.29, 0.717) is 28.1 Å². The van der Waals surface area contributed by atoms with Crippen LogP contribution in [-0.2, 0) is 6.61 Å². The van der Waals surface area contributed by atoms with Gasteiger partial charge in [-0.1, -0.05) is 53.0 Å². The predicted molar refractivity (Wildman–Crippen MR) is 76.4 cm³/mol. The number of halogens is 2. The van der Waals surface area contributed by atoms with Gasteiger partial charge in [0.1, 0.15) is 12.4 Å². The average molecular weight is 282 g/mol. The molecular weight excluding hydrogens is 269 g/mol. The Bertz CT molecular complexity index is 529. The molecule has 18 heavy (non-hydrogen) atoms. The van der Waals surface area contributed by atoms with Gasteiger partial charge in [0.05, 0.1) is 15.7 Å². The summed E-state index contributed by atoms with van der Waals surface area (Å²) in [5, 5.41) is 0.808. The maximum Gasteiger partial charge on any atom is 0.122 e. The zero-order valence-electron chi connectivity index (χ0n) is 9.91. The zero-order valence-corrected chi connectivity index (χ0v) is 11.4. The summed E-state index contributed by atoms with van der Waals surface area (Å²) >= 11 is 11.9. The number of rotatable bonds is 3. The average Bonchev–Trinajstić information content (AvgIpc) is 2.35. The van der Waals surface area contributed by atoms with Gasteiger partial charge in [-0.3, -0.25) is 0 Å². The van der Waals surface area contributed by atoms with Crippen LogP contribution in [0.15, 0.2) is 36.4 Å². The van der Waals surface area contributed by atoms with Crippen molar-refractivity contribution in [1.29, 1.82) is 0 Å². The number of hydrogen-bond donors (Lipinski definition) is 1. The summed E-state index contributed by atoms with van der Waals surface area (Å²) in [5.74, 6) is 0.611. The molecule has 2 aromatic rings. The van der Waals surface area contributed by atoms with Gasteiger partial charge in [-0.25, -0.2) is 0 Å². The number of aryl methyl sites for hydroxylation is 1. The molecule has 0 amide bonds. The fraction of sp³-hybridized carbons (Fsp3) is 0.143. The number of benzene rings is 2. The lowest BCUT2D eigenvalue weighted by Gasteiger charge is -2.09. The van der Waals surface area contributed by atoms with Crippen LogP contribution in [0.3, 0.4) is 0 Å². The summed E-state index contributed by atoms with van der Waals surface area (Å²) in [5.41, 5.74) is 8.34. The van der Waals surface area contributed by atoms with Crippen LogP contribution in [0.1, 0.15) is 11.1 Å². The first-order valence-electron chi connectivity index (χ1n) is 5.49. The highest BCUT2D eigenvalue weighted by Crippen LogP contribution is 2.32. The largest absolute Gasteiger partial charge is 0.489 e. The second-order valence-electron chi connectivity index (χ2n) is 4.07. The minimum atomic E-state index is 0.376. The molecule has 0 saturated heterocycles. The molecule has 2 nitrogen and oxygen atoms in total. The predicted octanol–water partition coefficient (Wildman–Crippen LogP) is 4.46. The van der Waals surface area contributed by atoms with E-state index in [1.807, 2.05) is 31.2 Å². The monoisotopic (exact) mass is 281 g/mol. The first-order chi connectivity index (χ1) is 8.56. The maximum absolute atomic E-state index is 5.93. The highest BCUT2D eigenvalue weighted by molar-refractivity contribution is 6.39. The maximum atomic E-state index is 5.93. The van der Waals surface area contributed by atoms with Crippen molar-refractivity contribution in [2.45, 2.75) is 13.5 Å². The molecule has 0 heterocycles. The highest BCUT2D eigenvalue weighted by atomic mass is 35.5. The fourth-order valence-electron chi connectivity index (χ4n) is 1.50. The molecule has 0 aliphatic carbocycles. The Morgan fingerprint density at radius 2 is 1.61 bits per heavy atom. The number of hydrogen-bond acceptors (Lipinski definition) is 2. The van der Waals surface area contributed by atoms with Crippen LogP contribution >= 0.6 is 23.2 Å². The molecule has 0 aliphatic heterocycles. The molecule has 0 bridgehead atoms. The normalized spacial score (nSPS) is 10.4. The van der Waals surface area contributed by atoms with Crippen LogP contribution in [0.4, 0.5) is 5.69 Å². The van der Waals surface area contributed by atoms with Gasteiger partial charge in [-0.15, -0.1) is 0 Å². The molecule has 4 heteroatoms. The number of nitrogen functional groups attached to an aromatic ring is 1. The minimum absolute atomic E-state index is 0.376. The van der Waals surface area contributed by atoms with Crippen molar-refractivity contribution in [1.82, 2.24) is 0 Å². The van der Waals surface area contributed by atoms with Gasteiger partial charge in [0.2, 0.25) is 0 Å². The summed E-state index contributed by atoms with van der Waals surface area (Å²) in [6.45, 7) is 2.51. The Kier molecular flexibility index (Phi) is 4.00. The number of nitrogens with two attached hydrogens (primary N) is 1. The lowest BCUT2D eigenvalue weighted by Crippen LogP contribution is -1.96. The van der Waals surface area contributed by atoms with Crippen LogP contribution < -0.4 is 10.5 Å². The Labute approximate surface area is 116 Å². The van der Waals surface area contributed by atoms with E-state index in [9.17, 15) is 0 Å². The van der Waals surface area contributed by atoms with Crippen molar-refractivity contribution in [3.05, 3.63) is 57.6 Å². The van der Waals surface area contributed by atoms with Gasteiger partial charge in [0, 0.05) is 12.1 Å². The standard InChI is InChI=1S/C14H13Cl2NO/c1-9-2-4-10(5-3-9)8-18-11-6-12(15)14(17)13(16)7-11/h2-7H,8,17H2,1H3. The van der Waals surface area contributed by atoms with Gasteiger partial charge in [0.15, 0.2) is 0 Å². The van der Waals surface area contributed by atoms with Crippen molar-refractivity contribution in [3.8, 4) is 5.75 Å². The molecule has 0 unspecified atom stereocenters.